The summed E-state index contributed by atoms with van der Waals surface area (Å²) in [5.74, 6) is 1.46. The number of hydrogen-bond acceptors (Lipinski definition) is 2. The summed E-state index contributed by atoms with van der Waals surface area (Å²) in [5, 5.41) is 0.688. The Morgan fingerprint density at radius 2 is 1.67 bits per heavy atom. The van der Waals surface area contributed by atoms with Gasteiger partial charge in [-0.15, -0.1) is 0 Å². The fourth-order valence-corrected chi connectivity index (χ4v) is 4.66. The Bertz CT molecular complexity index is 662. The molecule has 0 aliphatic heterocycles. The summed E-state index contributed by atoms with van der Waals surface area (Å²) in [7, 11) is 3.26. The van der Waals surface area contributed by atoms with Crippen LogP contribution in [0.4, 0.5) is 0 Å². The highest BCUT2D eigenvalue weighted by Crippen LogP contribution is 2.45. The van der Waals surface area contributed by atoms with Gasteiger partial charge in [0.25, 0.3) is 0 Å². The first kappa shape index (κ1) is 17.1. The van der Waals surface area contributed by atoms with E-state index in [2.05, 4.69) is 47.8 Å². The second kappa shape index (κ2) is 7.36. The van der Waals surface area contributed by atoms with Gasteiger partial charge in [0.1, 0.15) is 16.0 Å². The van der Waals surface area contributed by atoms with Crippen LogP contribution in [-0.4, -0.2) is 14.2 Å². The molecule has 2 rings (SSSR count). The minimum atomic E-state index is -0.0405. The van der Waals surface area contributed by atoms with Gasteiger partial charge in [0.2, 0.25) is 0 Å². The third-order valence-electron chi connectivity index (χ3n) is 3.02. The van der Waals surface area contributed by atoms with Crippen LogP contribution in [-0.2, 0) is 0 Å². The first-order valence-corrected chi connectivity index (χ1v) is 8.87. The number of rotatable bonds is 4. The number of ether oxygens (including phenoxy) is 2. The normalized spacial score (nSPS) is 12.1. The standard InChI is InChI=1S/C15H12Br3ClO2/c1-20-12-6-5-10(15(21-2)14(12)18)13(17)9-4-3-8(19)7-11(9)16/h3-7,13H,1-2H3. The van der Waals surface area contributed by atoms with E-state index in [0.717, 1.165) is 31.6 Å². The molecule has 2 nitrogen and oxygen atoms in total. The van der Waals surface area contributed by atoms with Crippen LogP contribution in [0.2, 0.25) is 5.02 Å². The second-order valence-electron chi connectivity index (χ2n) is 4.23. The summed E-state index contributed by atoms with van der Waals surface area (Å²) in [5.41, 5.74) is 2.06. The molecule has 0 spiro atoms. The van der Waals surface area contributed by atoms with Crippen molar-refractivity contribution < 1.29 is 9.47 Å². The maximum atomic E-state index is 6.00. The first-order valence-electron chi connectivity index (χ1n) is 5.99. The lowest BCUT2D eigenvalue weighted by molar-refractivity contribution is 0.386. The molecule has 6 heteroatoms. The zero-order chi connectivity index (χ0) is 15.6. The zero-order valence-corrected chi connectivity index (χ0v) is 16.8. The van der Waals surface area contributed by atoms with E-state index < -0.39 is 0 Å². The fourth-order valence-electron chi connectivity index (χ4n) is 1.99. The van der Waals surface area contributed by atoms with E-state index in [1.807, 2.05) is 30.3 Å². The van der Waals surface area contributed by atoms with Gasteiger partial charge in [-0.1, -0.05) is 55.6 Å². The van der Waals surface area contributed by atoms with Gasteiger partial charge in [0.05, 0.1) is 19.0 Å². The van der Waals surface area contributed by atoms with E-state index in [1.165, 1.54) is 0 Å². The molecule has 0 saturated carbocycles. The summed E-state index contributed by atoms with van der Waals surface area (Å²) < 4.78 is 12.6. The lowest BCUT2D eigenvalue weighted by atomic mass is 10.0. The van der Waals surface area contributed by atoms with Gasteiger partial charge in [-0.05, 0) is 39.7 Å². The van der Waals surface area contributed by atoms with E-state index in [-0.39, 0.29) is 4.83 Å². The smallest absolute Gasteiger partial charge is 0.141 e. The molecule has 0 aliphatic carbocycles. The van der Waals surface area contributed by atoms with Crippen molar-refractivity contribution in [1.29, 1.82) is 0 Å². The van der Waals surface area contributed by atoms with Crippen LogP contribution in [0, 0.1) is 0 Å². The third kappa shape index (κ3) is 3.58. The largest absolute Gasteiger partial charge is 0.495 e. The van der Waals surface area contributed by atoms with Crippen molar-refractivity contribution in [2.24, 2.45) is 0 Å². The van der Waals surface area contributed by atoms with Crippen molar-refractivity contribution in [3.05, 3.63) is 55.4 Å². The molecule has 2 aromatic rings. The topological polar surface area (TPSA) is 18.5 Å². The van der Waals surface area contributed by atoms with Crippen molar-refractivity contribution in [2.45, 2.75) is 4.83 Å². The molecule has 0 amide bonds. The molecule has 0 saturated heterocycles. The van der Waals surface area contributed by atoms with Gasteiger partial charge in [-0.25, -0.2) is 0 Å². The zero-order valence-electron chi connectivity index (χ0n) is 11.3. The predicted octanol–water partition coefficient (Wildman–Crippen LogP) is 6.37. The van der Waals surface area contributed by atoms with Gasteiger partial charge in [0.15, 0.2) is 0 Å². The molecular weight excluding hydrogens is 487 g/mol. The molecule has 0 aliphatic rings. The number of hydrogen-bond donors (Lipinski definition) is 0. The van der Waals surface area contributed by atoms with Crippen LogP contribution in [0.15, 0.2) is 39.3 Å². The van der Waals surface area contributed by atoms with Crippen LogP contribution < -0.4 is 9.47 Å². The summed E-state index contributed by atoms with van der Waals surface area (Å²) in [6.07, 6.45) is 0. The lowest BCUT2D eigenvalue weighted by Gasteiger charge is -2.18. The Morgan fingerprint density at radius 1 is 1.00 bits per heavy atom. The Morgan fingerprint density at radius 3 is 2.24 bits per heavy atom. The van der Waals surface area contributed by atoms with Gasteiger partial charge in [-0.3, -0.25) is 0 Å². The Labute approximate surface area is 154 Å². The molecule has 0 fully saturated rings. The van der Waals surface area contributed by atoms with Gasteiger partial charge < -0.3 is 9.47 Å². The third-order valence-corrected chi connectivity index (χ3v) is 5.68. The highest BCUT2D eigenvalue weighted by Gasteiger charge is 2.21. The molecule has 2 aromatic carbocycles. The van der Waals surface area contributed by atoms with E-state index in [1.54, 1.807) is 14.2 Å². The molecule has 1 unspecified atom stereocenters. The molecule has 0 heterocycles. The number of methoxy groups -OCH3 is 2. The molecule has 21 heavy (non-hydrogen) atoms. The van der Waals surface area contributed by atoms with Crippen LogP contribution in [0.1, 0.15) is 16.0 Å². The number of alkyl halides is 1. The number of halogens is 4. The molecule has 0 radical (unpaired) electrons. The van der Waals surface area contributed by atoms with Gasteiger partial charge >= 0.3 is 0 Å². The highest BCUT2D eigenvalue weighted by atomic mass is 79.9. The molecule has 112 valence electrons. The van der Waals surface area contributed by atoms with E-state index in [9.17, 15) is 0 Å². The van der Waals surface area contributed by atoms with E-state index >= 15 is 0 Å². The van der Waals surface area contributed by atoms with Crippen molar-refractivity contribution in [2.75, 3.05) is 14.2 Å². The Balaban J connectivity index is 2.52. The minimum Gasteiger partial charge on any atom is -0.495 e. The maximum absolute atomic E-state index is 6.00. The van der Waals surface area contributed by atoms with Gasteiger partial charge in [0, 0.05) is 15.1 Å². The summed E-state index contributed by atoms with van der Waals surface area (Å²) in [6, 6.07) is 9.59. The first-order chi connectivity index (χ1) is 9.99. The van der Waals surface area contributed by atoms with Gasteiger partial charge in [-0.2, -0.15) is 0 Å². The molecule has 1 atom stereocenters. The van der Waals surface area contributed by atoms with Crippen molar-refractivity contribution in [1.82, 2.24) is 0 Å². The quantitative estimate of drug-likeness (QED) is 0.456. The second-order valence-corrected chi connectivity index (χ2v) is 7.23. The average Bonchev–Trinajstić information content (AvgIpc) is 2.46. The number of benzene rings is 2. The Kier molecular flexibility index (Phi) is 6.00. The summed E-state index contributed by atoms with van der Waals surface area (Å²) in [6.45, 7) is 0. The molecule has 0 aromatic heterocycles. The van der Waals surface area contributed by atoms with Crippen LogP contribution in [0.25, 0.3) is 0 Å². The van der Waals surface area contributed by atoms with Crippen molar-refractivity contribution >= 4 is 59.4 Å². The fraction of sp³-hybridized carbons (Fsp3) is 0.200. The molecule has 0 N–H and O–H groups in total. The molecule has 0 bridgehead atoms. The summed E-state index contributed by atoms with van der Waals surface area (Å²) in [4.78, 5) is -0.0405. The predicted molar refractivity (Wildman–Crippen MR) is 97.2 cm³/mol. The van der Waals surface area contributed by atoms with Crippen LogP contribution in [0.3, 0.4) is 0 Å². The van der Waals surface area contributed by atoms with Crippen LogP contribution in [0.5, 0.6) is 11.5 Å². The van der Waals surface area contributed by atoms with Crippen molar-refractivity contribution in [3.63, 3.8) is 0 Å². The maximum Gasteiger partial charge on any atom is 0.141 e. The highest BCUT2D eigenvalue weighted by molar-refractivity contribution is 9.11. The monoisotopic (exact) mass is 496 g/mol. The molecular formula is C15H12Br3ClO2. The Hall–Kier alpha value is -0.230. The summed E-state index contributed by atoms with van der Waals surface area (Å²) >= 11 is 16.8. The average molecular weight is 499 g/mol. The lowest BCUT2D eigenvalue weighted by Crippen LogP contribution is -2.00. The van der Waals surface area contributed by atoms with Crippen molar-refractivity contribution in [3.8, 4) is 11.5 Å². The van der Waals surface area contributed by atoms with E-state index in [4.69, 9.17) is 21.1 Å². The minimum absolute atomic E-state index is 0.0405. The van der Waals surface area contributed by atoms with Crippen LogP contribution >= 0.6 is 59.4 Å². The van der Waals surface area contributed by atoms with E-state index in [0.29, 0.717) is 5.02 Å². The SMILES string of the molecule is COc1ccc(C(Br)c2ccc(Cl)cc2Br)c(OC)c1Br.